The van der Waals surface area contributed by atoms with Crippen LogP contribution in [0, 0.1) is 0 Å². The highest BCUT2D eigenvalue weighted by atomic mass is 16.4. The van der Waals surface area contributed by atoms with Gasteiger partial charge in [-0.3, -0.25) is 0 Å². The first-order chi connectivity index (χ1) is 9.81. The van der Waals surface area contributed by atoms with Gasteiger partial charge in [0.15, 0.2) is 0 Å². The quantitative estimate of drug-likeness (QED) is 0.874. The van der Waals surface area contributed by atoms with Crippen molar-refractivity contribution in [2.45, 2.75) is 26.4 Å². The van der Waals surface area contributed by atoms with E-state index >= 15 is 0 Å². The topological polar surface area (TPSA) is 86.5 Å². The third-order valence-corrected chi connectivity index (χ3v) is 3.12. The molecule has 0 saturated heterocycles. The van der Waals surface area contributed by atoms with E-state index in [0.29, 0.717) is 24.4 Å². The minimum absolute atomic E-state index is 0.192. The minimum Gasteiger partial charge on any atom is -0.478 e. The van der Waals surface area contributed by atoms with Gasteiger partial charge in [-0.05, 0) is 39.0 Å². The Bertz CT molecular complexity index is 665. The van der Waals surface area contributed by atoms with E-state index in [9.17, 15) is 9.90 Å². The van der Waals surface area contributed by atoms with Crippen molar-refractivity contribution in [2.24, 2.45) is 0 Å². The fraction of sp³-hybridized carbons (Fsp3) is 0.400. The van der Waals surface area contributed by atoms with Crippen LogP contribution in [0.1, 0.15) is 31.1 Å². The molecule has 1 aromatic heterocycles. The SMILES string of the molecule is CCN(CC(C)(C)O)c1ncnc2cc(C(=O)O)ccc12. The number of nitrogens with zero attached hydrogens (tertiary/aromatic N) is 3. The number of carboxylic acid groups (broad SMARTS) is 1. The average molecular weight is 289 g/mol. The second-order valence-corrected chi connectivity index (χ2v) is 5.56. The Hall–Kier alpha value is -2.21. The van der Waals surface area contributed by atoms with E-state index < -0.39 is 11.6 Å². The van der Waals surface area contributed by atoms with E-state index in [1.165, 1.54) is 18.5 Å². The highest BCUT2D eigenvalue weighted by Gasteiger charge is 2.20. The van der Waals surface area contributed by atoms with Crippen molar-refractivity contribution in [2.75, 3.05) is 18.0 Å². The summed E-state index contributed by atoms with van der Waals surface area (Å²) in [5.74, 6) is -0.289. The lowest BCUT2D eigenvalue weighted by Gasteiger charge is -2.29. The van der Waals surface area contributed by atoms with Crippen LogP contribution < -0.4 is 4.90 Å². The van der Waals surface area contributed by atoms with Crippen LogP contribution in [0.4, 0.5) is 5.82 Å². The van der Waals surface area contributed by atoms with Crippen LogP contribution in [-0.4, -0.2) is 44.8 Å². The van der Waals surface area contributed by atoms with Gasteiger partial charge in [-0.2, -0.15) is 0 Å². The molecule has 0 aliphatic carbocycles. The fourth-order valence-electron chi connectivity index (χ4n) is 2.23. The molecule has 0 aliphatic rings. The summed E-state index contributed by atoms with van der Waals surface area (Å²) in [6.07, 6.45) is 1.41. The molecule has 1 heterocycles. The van der Waals surface area contributed by atoms with Crippen LogP contribution in [0.25, 0.3) is 10.9 Å². The van der Waals surface area contributed by atoms with Crippen LogP contribution >= 0.6 is 0 Å². The van der Waals surface area contributed by atoms with Gasteiger partial charge in [0.05, 0.1) is 16.7 Å². The number of rotatable bonds is 5. The molecule has 0 atom stereocenters. The average Bonchev–Trinajstić information content (AvgIpc) is 2.42. The number of carbonyl (C=O) groups is 1. The summed E-state index contributed by atoms with van der Waals surface area (Å²) in [6.45, 7) is 6.56. The highest BCUT2D eigenvalue weighted by molar-refractivity contribution is 5.96. The van der Waals surface area contributed by atoms with Crippen molar-refractivity contribution in [3.8, 4) is 0 Å². The summed E-state index contributed by atoms with van der Waals surface area (Å²) < 4.78 is 0. The summed E-state index contributed by atoms with van der Waals surface area (Å²) in [7, 11) is 0. The van der Waals surface area contributed by atoms with E-state index in [1.54, 1.807) is 19.9 Å². The van der Waals surface area contributed by atoms with Crippen molar-refractivity contribution in [1.29, 1.82) is 0 Å². The predicted molar refractivity (Wildman–Crippen MR) is 80.7 cm³/mol. The molecule has 0 fully saturated rings. The Morgan fingerprint density at radius 1 is 1.33 bits per heavy atom. The zero-order valence-electron chi connectivity index (χ0n) is 12.4. The fourth-order valence-corrected chi connectivity index (χ4v) is 2.23. The number of hydrogen-bond donors (Lipinski definition) is 2. The van der Waals surface area contributed by atoms with Gasteiger partial charge in [0, 0.05) is 18.5 Å². The molecule has 112 valence electrons. The number of aliphatic hydroxyl groups is 1. The Labute approximate surface area is 123 Å². The number of likely N-dealkylation sites (N-methyl/N-ethyl adjacent to an activating group) is 1. The van der Waals surface area contributed by atoms with Gasteiger partial charge in [0.2, 0.25) is 0 Å². The summed E-state index contributed by atoms with van der Waals surface area (Å²) in [4.78, 5) is 21.4. The maximum absolute atomic E-state index is 11.0. The van der Waals surface area contributed by atoms with E-state index in [4.69, 9.17) is 5.11 Å². The van der Waals surface area contributed by atoms with Crippen molar-refractivity contribution in [3.05, 3.63) is 30.1 Å². The first kappa shape index (κ1) is 15.2. The van der Waals surface area contributed by atoms with Crippen molar-refractivity contribution in [1.82, 2.24) is 9.97 Å². The molecule has 0 spiro atoms. The second-order valence-electron chi connectivity index (χ2n) is 5.56. The predicted octanol–water partition coefficient (Wildman–Crippen LogP) is 1.93. The molecule has 0 bridgehead atoms. The molecule has 0 amide bonds. The molecule has 0 radical (unpaired) electrons. The first-order valence-corrected chi connectivity index (χ1v) is 6.77. The molecular formula is C15H19N3O3. The van der Waals surface area contributed by atoms with Gasteiger partial charge in [-0.1, -0.05) is 0 Å². The standard InChI is InChI=1S/C15H19N3O3/c1-4-18(8-15(2,3)21)13-11-6-5-10(14(19)20)7-12(11)16-9-17-13/h5-7,9,21H,4,8H2,1-3H3,(H,19,20). The molecule has 0 unspecified atom stereocenters. The number of hydrogen-bond acceptors (Lipinski definition) is 5. The van der Waals surface area contributed by atoms with Crippen LogP contribution in [-0.2, 0) is 0 Å². The monoisotopic (exact) mass is 289 g/mol. The molecule has 0 saturated carbocycles. The molecule has 2 rings (SSSR count). The highest BCUT2D eigenvalue weighted by Crippen LogP contribution is 2.25. The zero-order valence-corrected chi connectivity index (χ0v) is 12.4. The van der Waals surface area contributed by atoms with Crippen molar-refractivity contribution < 1.29 is 15.0 Å². The smallest absolute Gasteiger partial charge is 0.335 e. The van der Waals surface area contributed by atoms with Gasteiger partial charge >= 0.3 is 5.97 Å². The van der Waals surface area contributed by atoms with Crippen LogP contribution in [0.15, 0.2) is 24.5 Å². The minimum atomic E-state index is -0.985. The third kappa shape index (κ3) is 3.46. The maximum atomic E-state index is 11.0. The van der Waals surface area contributed by atoms with Gasteiger partial charge in [-0.25, -0.2) is 14.8 Å². The largest absolute Gasteiger partial charge is 0.478 e. The van der Waals surface area contributed by atoms with Crippen molar-refractivity contribution in [3.63, 3.8) is 0 Å². The number of benzene rings is 1. The van der Waals surface area contributed by atoms with E-state index in [-0.39, 0.29) is 5.56 Å². The Kier molecular flexibility index (Phi) is 4.09. The lowest BCUT2D eigenvalue weighted by Crippen LogP contribution is -2.39. The molecule has 0 aliphatic heterocycles. The molecule has 2 aromatic rings. The van der Waals surface area contributed by atoms with Gasteiger partial charge < -0.3 is 15.1 Å². The summed E-state index contributed by atoms with van der Waals surface area (Å²) in [6, 6.07) is 4.78. The summed E-state index contributed by atoms with van der Waals surface area (Å²) >= 11 is 0. The van der Waals surface area contributed by atoms with Gasteiger partial charge in [0.1, 0.15) is 12.1 Å². The first-order valence-electron chi connectivity index (χ1n) is 6.77. The third-order valence-electron chi connectivity index (χ3n) is 3.12. The number of anilines is 1. The van der Waals surface area contributed by atoms with Gasteiger partial charge in [-0.15, -0.1) is 0 Å². The number of fused-ring (bicyclic) bond motifs is 1. The van der Waals surface area contributed by atoms with E-state index in [1.807, 2.05) is 11.8 Å². The number of aromatic carboxylic acids is 1. The van der Waals surface area contributed by atoms with Crippen LogP contribution in [0.5, 0.6) is 0 Å². The van der Waals surface area contributed by atoms with E-state index in [0.717, 1.165) is 5.39 Å². The number of carboxylic acids is 1. The lowest BCUT2D eigenvalue weighted by atomic mass is 10.1. The Morgan fingerprint density at radius 3 is 2.62 bits per heavy atom. The molecule has 1 aromatic carbocycles. The maximum Gasteiger partial charge on any atom is 0.335 e. The normalized spacial score (nSPS) is 11.6. The molecule has 2 N–H and O–H groups in total. The van der Waals surface area contributed by atoms with Gasteiger partial charge in [0.25, 0.3) is 0 Å². The molecule has 6 nitrogen and oxygen atoms in total. The van der Waals surface area contributed by atoms with Crippen LogP contribution in [0.2, 0.25) is 0 Å². The van der Waals surface area contributed by atoms with Crippen LogP contribution in [0.3, 0.4) is 0 Å². The second kappa shape index (κ2) is 5.65. The lowest BCUT2D eigenvalue weighted by molar-refractivity contribution is 0.0696. The Morgan fingerprint density at radius 2 is 2.05 bits per heavy atom. The molecule has 6 heteroatoms. The zero-order chi connectivity index (χ0) is 15.6. The van der Waals surface area contributed by atoms with Crippen molar-refractivity contribution >= 4 is 22.7 Å². The summed E-state index contributed by atoms with van der Waals surface area (Å²) in [5, 5.41) is 19.8. The van der Waals surface area contributed by atoms with E-state index in [2.05, 4.69) is 9.97 Å². The Balaban J connectivity index is 2.51. The molecule has 21 heavy (non-hydrogen) atoms. The summed E-state index contributed by atoms with van der Waals surface area (Å²) in [5.41, 5.74) is -0.0827. The molecular weight excluding hydrogens is 270 g/mol. The number of aromatic nitrogens is 2.